The lowest BCUT2D eigenvalue weighted by Gasteiger charge is -2.44. The summed E-state index contributed by atoms with van der Waals surface area (Å²) in [6.45, 7) is 7.53. The number of nitrogens with one attached hydrogen (secondary N) is 1. The van der Waals surface area contributed by atoms with Gasteiger partial charge in [-0.3, -0.25) is 4.90 Å². The molecular formula is C19H31N5O3. The highest BCUT2D eigenvalue weighted by molar-refractivity contribution is 5.74. The molecule has 0 unspecified atom stereocenters. The van der Waals surface area contributed by atoms with Crippen molar-refractivity contribution in [1.82, 2.24) is 25.3 Å². The Hall–Kier alpha value is -1.67. The Balaban J connectivity index is 1.35. The molecule has 0 bridgehead atoms. The maximum absolute atomic E-state index is 12.9. The number of carbonyl (C=O) groups is 1. The van der Waals surface area contributed by atoms with E-state index in [0.717, 1.165) is 70.9 Å². The predicted molar refractivity (Wildman–Crippen MR) is 99.6 cm³/mol. The van der Waals surface area contributed by atoms with E-state index >= 15 is 0 Å². The molecular weight excluding hydrogens is 346 g/mol. The fourth-order valence-electron chi connectivity index (χ4n) is 4.88. The summed E-state index contributed by atoms with van der Waals surface area (Å²) in [4.78, 5) is 21.7. The molecule has 3 aliphatic rings. The van der Waals surface area contributed by atoms with Crippen LogP contribution in [-0.4, -0.2) is 77.4 Å². The van der Waals surface area contributed by atoms with Crippen LogP contribution < -0.4 is 5.32 Å². The van der Waals surface area contributed by atoms with Gasteiger partial charge in [-0.2, -0.15) is 4.98 Å². The van der Waals surface area contributed by atoms with Crippen LogP contribution in [0.2, 0.25) is 0 Å². The van der Waals surface area contributed by atoms with Gasteiger partial charge >= 0.3 is 6.03 Å². The number of rotatable bonds is 4. The average Bonchev–Trinajstić information content (AvgIpc) is 3.37. The molecule has 2 amide bonds. The van der Waals surface area contributed by atoms with Gasteiger partial charge in [-0.1, -0.05) is 18.0 Å². The van der Waals surface area contributed by atoms with Gasteiger partial charge in [-0.05, 0) is 25.7 Å². The van der Waals surface area contributed by atoms with Crippen molar-refractivity contribution in [1.29, 1.82) is 0 Å². The first-order valence-corrected chi connectivity index (χ1v) is 10.3. The lowest BCUT2D eigenvalue weighted by atomic mass is 9.94. The van der Waals surface area contributed by atoms with Gasteiger partial charge < -0.3 is 19.5 Å². The molecule has 1 atom stereocenters. The summed E-state index contributed by atoms with van der Waals surface area (Å²) in [5.41, 5.74) is 0.111. The maximum atomic E-state index is 12.9. The third-order valence-corrected chi connectivity index (χ3v) is 6.40. The quantitative estimate of drug-likeness (QED) is 0.863. The van der Waals surface area contributed by atoms with E-state index in [1.165, 1.54) is 12.8 Å². The van der Waals surface area contributed by atoms with E-state index in [2.05, 4.69) is 20.4 Å². The number of aryl methyl sites for hydroxylation is 1. The zero-order valence-electron chi connectivity index (χ0n) is 16.3. The highest BCUT2D eigenvalue weighted by atomic mass is 16.5. The first-order valence-electron chi connectivity index (χ1n) is 10.3. The number of aromatic nitrogens is 2. The first kappa shape index (κ1) is 18.7. The second-order valence-electron chi connectivity index (χ2n) is 8.15. The summed E-state index contributed by atoms with van der Waals surface area (Å²) in [5.74, 6) is 1.48. The number of piperidine rings is 1. The Kier molecular flexibility index (Phi) is 5.63. The Morgan fingerprint density at radius 1 is 1.22 bits per heavy atom. The number of nitrogens with zero attached hydrogens (tertiary/aromatic N) is 4. The monoisotopic (exact) mass is 377 g/mol. The summed E-state index contributed by atoms with van der Waals surface area (Å²) in [7, 11) is 0. The Morgan fingerprint density at radius 3 is 2.70 bits per heavy atom. The maximum Gasteiger partial charge on any atom is 0.317 e. The van der Waals surface area contributed by atoms with Crippen molar-refractivity contribution >= 4 is 6.03 Å². The van der Waals surface area contributed by atoms with Crippen LogP contribution in [0.15, 0.2) is 4.52 Å². The molecule has 8 heteroatoms. The van der Waals surface area contributed by atoms with E-state index < -0.39 is 0 Å². The van der Waals surface area contributed by atoms with E-state index in [9.17, 15) is 4.79 Å². The van der Waals surface area contributed by atoms with Gasteiger partial charge in [0.15, 0.2) is 5.82 Å². The molecule has 3 heterocycles. The molecule has 8 nitrogen and oxygen atoms in total. The van der Waals surface area contributed by atoms with Gasteiger partial charge in [-0.15, -0.1) is 0 Å². The predicted octanol–water partition coefficient (Wildman–Crippen LogP) is 1.91. The number of amides is 2. The van der Waals surface area contributed by atoms with Crippen molar-refractivity contribution in [2.24, 2.45) is 0 Å². The van der Waals surface area contributed by atoms with Gasteiger partial charge in [-0.25, -0.2) is 4.79 Å². The van der Waals surface area contributed by atoms with Gasteiger partial charge in [0.1, 0.15) is 0 Å². The first-order chi connectivity index (χ1) is 13.2. The molecule has 1 aromatic heterocycles. The minimum atomic E-state index is 0.0412. The van der Waals surface area contributed by atoms with Gasteiger partial charge in [0.05, 0.1) is 13.2 Å². The second-order valence-corrected chi connectivity index (χ2v) is 8.15. The minimum absolute atomic E-state index is 0.0412. The summed E-state index contributed by atoms with van der Waals surface area (Å²) >= 11 is 0. The fraction of sp³-hybridized carbons (Fsp3) is 0.842. The van der Waals surface area contributed by atoms with Crippen LogP contribution in [0.4, 0.5) is 4.79 Å². The van der Waals surface area contributed by atoms with E-state index in [0.29, 0.717) is 12.4 Å². The van der Waals surface area contributed by atoms with E-state index in [1.54, 1.807) is 6.92 Å². The third-order valence-electron chi connectivity index (χ3n) is 6.40. The molecule has 27 heavy (non-hydrogen) atoms. The topological polar surface area (TPSA) is 83.7 Å². The molecule has 4 rings (SSSR count). The second kappa shape index (κ2) is 8.14. The molecule has 3 fully saturated rings. The molecule has 1 aliphatic carbocycles. The molecule has 150 valence electrons. The largest absolute Gasteiger partial charge is 0.379 e. The van der Waals surface area contributed by atoms with Crippen LogP contribution in [0, 0.1) is 6.92 Å². The number of hydrogen-bond donors (Lipinski definition) is 1. The van der Waals surface area contributed by atoms with Gasteiger partial charge in [0.25, 0.3) is 0 Å². The van der Waals surface area contributed by atoms with E-state index in [4.69, 9.17) is 9.26 Å². The lowest BCUT2D eigenvalue weighted by molar-refractivity contribution is -0.0198. The molecule has 1 N–H and O–H groups in total. The standard InChI is InChI=1S/C19H31N5O3/c1-15-21-17(22-27-15)16-5-4-8-23(13-16)18(25)20-14-19(6-2-3-7-19)24-9-11-26-12-10-24/h16H,2-14H2,1H3,(H,20,25)/t16-/m0/s1. The smallest absolute Gasteiger partial charge is 0.317 e. The lowest BCUT2D eigenvalue weighted by Crippen LogP contribution is -2.58. The van der Waals surface area contributed by atoms with Crippen molar-refractivity contribution in [3.8, 4) is 0 Å². The summed E-state index contributed by atoms with van der Waals surface area (Å²) in [6.07, 6.45) is 6.79. The Morgan fingerprint density at radius 2 is 2.00 bits per heavy atom. The van der Waals surface area contributed by atoms with Gasteiger partial charge in [0.2, 0.25) is 5.89 Å². The average molecular weight is 377 g/mol. The van der Waals surface area contributed by atoms with Crippen molar-refractivity contribution in [3.63, 3.8) is 0 Å². The number of likely N-dealkylation sites (tertiary alicyclic amines) is 1. The number of ether oxygens (including phenoxy) is 1. The Bertz CT molecular complexity index is 637. The number of carbonyl (C=O) groups excluding carboxylic acids is 1. The van der Waals surface area contributed by atoms with Crippen LogP contribution in [0.3, 0.4) is 0 Å². The van der Waals surface area contributed by atoms with Crippen molar-refractivity contribution in [2.75, 3.05) is 45.9 Å². The minimum Gasteiger partial charge on any atom is -0.379 e. The molecule has 1 aromatic rings. The van der Waals surface area contributed by atoms with E-state index in [1.807, 2.05) is 4.90 Å². The van der Waals surface area contributed by atoms with Crippen molar-refractivity contribution in [3.05, 3.63) is 11.7 Å². The SMILES string of the molecule is Cc1nc([C@H]2CCCN(C(=O)NCC3(N4CCOCC4)CCCC3)C2)no1. The summed E-state index contributed by atoms with van der Waals surface area (Å²) in [6, 6.07) is 0.0412. The zero-order valence-corrected chi connectivity index (χ0v) is 16.3. The van der Waals surface area contributed by atoms with Crippen molar-refractivity contribution in [2.45, 2.75) is 56.9 Å². The normalized spacial score (nSPS) is 26.3. The van der Waals surface area contributed by atoms with Crippen LogP contribution in [0.25, 0.3) is 0 Å². The molecule has 0 spiro atoms. The number of hydrogen-bond acceptors (Lipinski definition) is 6. The van der Waals surface area contributed by atoms with Crippen LogP contribution in [0.1, 0.15) is 56.2 Å². The van der Waals surface area contributed by atoms with E-state index in [-0.39, 0.29) is 17.5 Å². The fourth-order valence-corrected chi connectivity index (χ4v) is 4.88. The van der Waals surface area contributed by atoms with Crippen molar-refractivity contribution < 1.29 is 14.1 Å². The van der Waals surface area contributed by atoms with Crippen LogP contribution in [-0.2, 0) is 4.74 Å². The number of morpholine rings is 1. The van der Waals surface area contributed by atoms with Crippen LogP contribution >= 0.6 is 0 Å². The van der Waals surface area contributed by atoms with Crippen LogP contribution in [0.5, 0.6) is 0 Å². The highest BCUT2D eigenvalue weighted by Gasteiger charge is 2.40. The molecule has 0 radical (unpaired) electrons. The zero-order chi connectivity index (χ0) is 18.7. The molecule has 0 aromatic carbocycles. The summed E-state index contributed by atoms with van der Waals surface area (Å²) < 4.78 is 10.6. The third kappa shape index (κ3) is 4.11. The Labute approximate surface area is 160 Å². The molecule has 2 saturated heterocycles. The molecule has 1 saturated carbocycles. The molecule has 2 aliphatic heterocycles. The number of urea groups is 1. The summed E-state index contributed by atoms with van der Waals surface area (Å²) in [5, 5.41) is 7.30. The highest BCUT2D eigenvalue weighted by Crippen LogP contribution is 2.35. The van der Waals surface area contributed by atoms with Gasteiger partial charge in [0, 0.05) is 51.1 Å².